The molecule has 1 rings (SSSR count). The predicted molar refractivity (Wildman–Crippen MR) is 88.1 cm³/mol. The van der Waals surface area contributed by atoms with E-state index in [9.17, 15) is 4.79 Å². The van der Waals surface area contributed by atoms with Crippen molar-refractivity contribution in [3.05, 3.63) is 17.5 Å². The SMILES string of the molecule is CCC(CC)(CNC(=O)c1cc(CI)on1)CN(C)C. The van der Waals surface area contributed by atoms with E-state index in [4.69, 9.17) is 4.52 Å². The molecule has 6 heteroatoms. The van der Waals surface area contributed by atoms with E-state index >= 15 is 0 Å². The van der Waals surface area contributed by atoms with Crippen molar-refractivity contribution in [2.24, 2.45) is 5.41 Å². The quantitative estimate of drug-likeness (QED) is 0.545. The molecule has 0 radical (unpaired) electrons. The maximum atomic E-state index is 12.1. The van der Waals surface area contributed by atoms with E-state index in [0.717, 1.165) is 25.1 Å². The molecule has 0 bridgehead atoms. The van der Waals surface area contributed by atoms with Crippen LogP contribution in [-0.4, -0.2) is 43.1 Å². The predicted octanol–water partition coefficient (Wildman–Crippen LogP) is 2.71. The zero-order chi connectivity index (χ0) is 15.2. The van der Waals surface area contributed by atoms with Crippen LogP contribution < -0.4 is 5.32 Å². The number of carbonyl (C=O) groups is 1. The van der Waals surface area contributed by atoms with Crippen LogP contribution in [0.4, 0.5) is 0 Å². The summed E-state index contributed by atoms with van der Waals surface area (Å²) in [5.41, 5.74) is 0.470. The molecule has 114 valence electrons. The average molecular weight is 393 g/mol. The lowest BCUT2D eigenvalue weighted by molar-refractivity contribution is 0.0900. The number of rotatable bonds is 8. The molecule has 0 aliphatic heterocycles. The van der Waals surface area contributed by atoms with E-state index in [-0.39, 0.29) is 11.3 Å². The summed E-state index contributed by atoms with van der Waals surface area (Å²) in [7, 11) is 4.12. The number of halogens is 1. The van der Waals surface area contributed by atoms with Crippen LogP contribution in [0.3, 0.4) is 0 Å². The molecule has 1 aromatic rings. The zero-order valence-corrected chi connectivity index (χ0v) is 14.9. The molecule has 0 fully saturated rings. The lowest BCUT2D eigenvalue weighted by Gasteiger charge is -2.34. The highest BCUT2D eigenvalue weighted by atomic mass is 127. The van der Waals surface area contributed by atoms with Gasteiger partial charge >= 0.3 is 0 Å². The van der Waals surface area contributed by atoms with Gasteiger partial charge in [0.1, 0.15) is 5.76 Å². The molecule has 0 aliphatic rings. The number of nitrogens with one attached hydrogen (secondary N) is 1. The Morgan fingerprint density at radius 2 is 2.10 bits per heavy atom. The maximum absolute atomic E-state index is 12.1. The summed E-state index contributed by atoms with van der Waals surface area (Å²) in [5.74, 6) is 0.566. The Morgan fingerprint density at radius 1 is 1.45 bits per heavy atom. The summed E-state index contributed by atoms with van der Waals surface area (Å²) >= 11 is 2.18. The standard InChI is InChI=1S/C14H24IN3O2/c1-5-14(6-2,10-18(3)4)9-16-13(19)12-7-11(8-15)20-17-12/h7H,5-6,8-10H2,1-4H3,(H,16,19). The third-order valence-corrected chi connectivity index (χ3v) is 4.45. The number of amides is 1. The minimum Gasteiger partial charge on any atom is -0.360 e. The molecule has 0 saturated carbocycles. The van der Waals surface area contributed by atoms with Crippen molar-refractivity contribution in [2.75, 3.05) is 27.2 Å². The minimum absolute atomic E-state index is 0.106. The number of alkyl halides is 1. The molecule has 0 aliphatic carbocycles. The molecule has 0 saturated heterocycles. The Hall–Kier alpha value is -0.630. The van der Waals surface area contributed by atoms with Gasteiger partial charge < -0.3 is 14.7 Å². The monoisotopic (exact) mass is 393 g/mol. The van der Waals surface area contributed by atoms with Crippen LogP contribution in [0.15, 0.2) is 10.6 Å². The van der Waals surface area contributed by atoms with Crippen LogP contribution in [0.1, 0.15) is 42.9 Å². The van der Waals surface area contributed by atoms with Gasteiger partial charge in [-0.15, -0.1) is 0 Å². The van der Waals surface area contributed by atoms with Gasteiger partial charge in [-0.05, 0) is 32.4 Å². The van der Waals surface area contributed by atoms with Crippen molar-refractivity contribution in [1.82, 2.24) is 15.4 Å². The molecule has 0 atom stereocenters. The second-order valence-corrected chi connectivity index (χ2v) is 6.20. The van der Waals surface area contributed by atoms with Crippen molar-refractivity contribution in [2.45, 2.75) is 31.1 Å². The van der Waals surface area contributed by atoms with Crippen LogP contribution in [0.2, 0.25) is 0 Å². The molecule has 1 heterocycles. The van der Waals surface area contributed by atoms with Gasteiger partial charge in [0, 0.05) is 19.2 Å². The first-order valence-electron chi connectivity index (χ1n) is 6.91. The topological polar surface area (TPSA) is 58.4 Å². The molecule has 0 aromatic carbocycles. The summed E-state index contributed by atoms with van der Waals surface area (Å²) in [6.07, 6.45) is 2.06. The first kappa shape index (κ1) is 17.4. The van der Waals surface area contributed by atoms with Gasteiger partial charge in [-0.1, -0.05) is 41.6 Å². The van der Waals surface area contributed by atoms with E-state index < -0.39 is 0 Å². The number of hydrogen-bond acceptors (Lipinski definition) is 4. The van der Waals surface area contributed by atoms with Crippen molar-refractivity contribution in [3.63, 3.8) is 0 Å². The molecule has 0 unspecified atom stereocenters. The fourth-order valence-electron chi connectivity index (χ4n) is 2.29. The molecule has 1 N–H and O–H groups in total. The van der Waals surface area contributed by atoms with Gasteiger partial charge in [0.05, 0.1) is 4.43 Å². The van der Waals surface area contributed by atoms with Gasteiger partial charge in [0.15, 0.2) is 5.69 Å². The Kier molecular flexibility index (Phi) is 6.94. The first-order chi connectivity index (χ1) is 9.46. The highest BCUT2D eigenvalue weighted by molar-refractivity contribution is 14.1. The van der Waals surface area contributed by atoms with Crippen molar-refractivity contribution in [3.8, 4) is 0 Å². The Labute approximate surface area is 134 Å². The molecule has 20 heavy (non-hydrogen) atoms. The molecular weight excluding hydrogens is 369 g/mol. The van der Waals surface area contributed by atoms with Gasteiger partial charge in [-0.25, -0.2) is 0 Å². The van der Waals surface area contributed by atoms with Gasteiger partial charge in [0.2, 0.25) is 0 Å². The maximum Gasteiger partial charge on any atom is 0.273 e. The minimum atomic E-state index is -0.158. The summed E-state index contributed by atoms with van der Waals surface area (Å²) in [5, 5.41) is 6.79. The Morgan fingerprint density at radius 3 is 2.55 bits per heavy atom. The van der Waals surface area contributed by atoms with Gasteiger partial charge in [-0.3, -0.25) is 4.79 Å². The van der Waals surface area contributed by atoms with Crippen molar-refractivity contribution < 1.29 is 9.32 Å². The van der Waals surface area contributed by atoms with E-state index in [2.05, 4.69) is 65.9 Å². The van der Waals surface area contributed by atoms with Crippen LogP contribution in [0, 0.1) is 5.41 Å². The van der Waals surface area contributed by atoms with Gasteiger partial charge in [-0.2, -0.15) is 0 Å². The first-order valence-corrected chi connectivity index (χ1v) is 8.43. The van der Waals surface area contributed by atoms with Crippen molar-refractivity contribution in [1.29, 1.82) is 0 Å². The van der Waals surface area contributed by atoms with Crippen molar-refractivity contribution >= 4 is 28.5 Å². The fraction of sp³-hybridized carbons (Fsp3) is 0.714. The highest BCUT2D eigenvalue weighted by Crippen LogP contribution is 2.26. The molecular formula is C14H24IN3O2. The average Bonchev–Trinajstić information content (AvgIpc) is 2.91. The van der Waals surface area contributed by atoms with E-state index in [1.54, 1.807) is 6.07 Å². The van der Waals surface area contributed by atoms with Crippen LogP contribution in [0.5, 0.6) is 0 Å². The van der Waals surface area contributed by atoms with E-state index in [1.807, 2.05) is 0 Å². The van der Waals surface area contributed by atoms with E-state index in [0.29, 0.717) is 16.7 Å². The Balaban J connectivity index is 2.64. The molecule has 1 aromatic heterocycles. The summed E-state index contributed by atoms with van der Waals surface area (Å²) in [4.78, 5) is 14.3. The van der Waals surface area contributed by atoms with Crippen LogP contribution in [-0.2, 0) is 4.43 Å². The molecule has 5 nitrogen and oxygen atoms in total. The number of aromatic nitrogens is 1. The van der Waals surface area contributed by atoms with Crippen LogP contribution >= 0.6 is 22.6 Å². The number of nitrogens with zero attached hydrogens (tertiary/aromatic N) is 2. The normalized spacial score (nSPS) is 11.9. The highest BCUT2D eigenvalue weighted by Gasteiger charge is 2.28. The second-order valence-electron chi connectivity index (χ2n) is 5.44. The largest absolute Gasteiger partial charge is 0.360 e. The van der Waals surface area contributed by atoms with Gasteiger partial charge in [0.25, 0.3) is 5.91 Å². The summed E-state index contributed by atoms with van der Waals surface area (Å²) in [6.45, 7) is 5.95. The lowest BCUT2D eigenvalue weighted by atomic mass is 9.81. The third-order valence-electron chi connectivity index (χ3n) is 3.70. The lowest BCUT2D eigenvalue weighted by Crippen LogP contribution is -2.43. The second kappa shape index (κ2) is 7.97. The summed E-state index contributed by atoms with van der Waals surface area (Å²) in [6, 6.07) is 1.70. The zero-order valence-electron chi connectivity index (χ0n) is 12.7. The number of hydrogen-bond donors (Lipinski definition) is 1. The molecule has 0 spiro atoms. The Bertz CT molecular complexity index is 428. The van der Waals surface area contributed by atoms with Crippen LogP contribution in [0.25, 0.3) is 0 Å². The fourth-order valence-corrected chi connectivity index (χ4v) is 2.65. The molecule has 1 amide bonds. The van der Waals surface area contributed by atoms with E-state index in [1.165, 1.54) is 0 Å². The smallest absolute Gasteiger partial charge is 0.273 e. The third kappa shape index (κ3) is 4.73. The number of carbonyl (C=O) groups excluding carboxylic acids is 1. The summed E-state index contributed by atoms with van der Waals surface area (Å²) < 4.78 is 5.77.